The summed E-state index contributed by atoms with van der Waals surface area (Å²) in [6, 6.07) is 0. The van der Waals surface area contributed by atoms with Crippen LogP contribution in [0.4, 0.5) is 10.6 Å². The van der Waals surface area contributed by atoms with Crippen molar-refractivity contribution in [2.45, 2.75) is 57.1 Å². The van der Waals surface area contributed by atoms with Gasteiger partial charge < -0.3 is 19.7 Å². The third-order valence-electron chi connectivity index (χ3n) is 5.00. The van der Waals surface area contributed by atoms with Crippen molar-refractivity contribution in [2.24, 2.45) is 5.92 Å². The van der Waals surface area contributed by atoms with Crippen LogP contribution in [0.25, 0.3) is 0 Å². The molecule has 1 aromatic heterocycles. The van der Waals surface area contributed by atoms with Crippen LogP contribution in [0.3, 0.4) is 0 Å². The molecular formula is C18H23N3O6. The van der Waals surface area contributed by atoms with E-state index in [1.54, 1.807) is 6.92 Å². The third-order valence-corrected chi connectivity index (χ3v) is 5.00. The van der Waals surface area contributed by atoms with E-state index in [1.807, 2.05) is 0 Å². The topological polar surface area (TPSA) is 123 Å². The Balaban J connectivity index is 1.73. The van der Waals surface area contributed by atoms with Crippen molar-refractivity contribution in [3.05, 3.63) is 22.2 Å². The Morgan fingerprint density at radius 3 is 2.74 bits per heavy atom. The van der Waals surface area contributed by atoms with Gasteiger partial charge in [0.25, 0.3) is 0 Å². The minimum atomic E-state index is -1.31. The highest BCUT2D eigenvalue weighted by molar-refractivity contribution is 5.84. The number of aliphatic hydroxyl groups is 2. The van der Waals surface area contributed by atoms with Gasteiger partial charge in [-0.3, -0.25) is 9.88 Å². The van der Waals surface area contributed by atoms with E-state index in [1.165, 1.54) is 6.20 Å². The summed E-state index contributed by atoms with van der Waals surface area (Å²) < 4.78 is 11.6. The molecule has 2 heterocycles. The fraction of sp³-hybridized carbons (Fsp3) is 0.611. The highest BCUT2D eigenvalue weighted by Crippen LogP contribution is 2.28. The van der Waals surface area contributed by atoms with Gasteiger partial charge in [0.1, 0.15) is 12.2 Å². The molecule has 2 fully saturated rings. The predicted octanol–water partition coefficient (Wildman–Crippen LogP) is 0.602. The highest BCUT2D eigenvalue weighted by Gasteiger charge is 2.42. The maximum Gasteiger partial charge on any atom is 0.412 e. The number of rotatable bonds is 4. The summed E-state index contributed by atoms with van der Waals surface area (Å²) >= 11 is 0. The van der Waals surface area contributed by atoms with Crippen LogP contribution in [0.1, 0.15) is 44.4 Å². The minimum absolute atomic E-state index is 0.101. The molecule has 9 heteroatoms. The maximum absolute atomic E-state index is 12.3. The standard InChI is InChI=1S/C18H23N3O6/c1-3-12-8-21(16-14(23)13(22)10(2)27-16)17(24)19-15(12)20-18(25)26-9-11-6-4-5-7-11/h1,8,10-11,13-14,16,22-23H,4-7,9H2,2H3,(H,19,20,24,25)/t10-,13?,14?,16-/m1/s1. The molecule has 27 heavy (non-hydrogen) atoms. The number of amides is 1. The molecule has 1 aliphatic carbocycles. The van der Waals surface area contributed by atoms with E-state index in [9.17, 15) is 19.8 Å². The zero-order chi connectivity index (χ0) is 19.6. The van der Waals surface area contributed by atoms with Crippen molar-refractivity contribution in [1.29, 1.82) is 0 Å². The van der Waals surface area contributed by atoms with Crippen molar-refractivity contribution >= 4 is 11.9 Å². The highest BCUT2D eigenvalue weighted by atomic mass is 16.6. The van der Waals surface area contributed by atoms with Crippen LogP contribution < -0.4 is 11.0 Å². The van der Waals surface area contributed by atoms with Crippen LogP contribution in [0.5, 0.6) is 0 Å². The van der Waals surface area contributed by atoms with Crippen molar-refractivity contribution in [3.63, 3.8) is 0 Å². The van der Waals surface area contributed by atoms with Gasteiger partial charge in [0.05, 0.1) is 18.3 Å². The van der Waals surface area contributed by atoms with E-state index in [0.29, 0.717) is 12.5 Å². The smallest absolute Gasteiger partial charge is 0.412 e. The fourth-order valence-electron chi connectivity index (χ4n) is 3.41. The van der Waals surface area contributed by atoms with E-state index >= 15 is 0 Å². The first-order chi connectivity index (χ1) is 12.9. The summed E-state index contributed by atoms with van der Waals surface area (Å²) in [6.45, 7) is 1.89. The zero-order valence-electron chi connectivity index (χ0n) is 15.0. The average Bonchev–Trinajstić information content (AvgIpc) is 3.25. The second-order valence-corrected chi connectivity index (χ2v) is 6.92. The van der Waals surface area contributed by atoms with Gasteiger partial charge in [0.2, 0.25) is 0 Å². The number of aromatic nitrogens is 2. The molecule has 1 saturated heterocycles. The van der Waals surface area contributed by atoms with E-state index in [0.717, 1.165) is 30.3 Å². The second kappa shape index (κ2) is 8.08. The molecule has 0 radical (unpaired) electrons. The minimum Gasteiger partial charge on any atom is -0.449 e. The molecule has 2 unspecified atom stereocenters. The van der Waals surface area contributed by atoms with Crippen molar-refractivity contribution in [2.75, 3.05) is 11.9 Å². The number of nitrogens with zero attached hydrogens (tertiary/aromatic N) is 2. The Kier molecular flexibility index (Phi) is 5.79. The monoisotopic (exact) mass is 377 g/mol. The summed E-state index contributed by atoms with van der Waals surface area (Å²) in [6.07, 6.45) is 6.09. The lowest BCUT2D eigenvalue weighted by molar-refractivity contribution is -0.0350. The molecule has 1 aromatic rings. The molecule has 0 aromatic carbocycles. The predicted molar refractivity (Wildman–Crippen MR) is 95.0 cm³/mol. The lowest BCUT2D eigenvalue weighted by Crippen LogP contribution is -2.36. The SMILES string of the molecule is C#Cc1cn([C@@H]2O[C@H](C)C(O)C2O)c(=O)nc1NC(=O)OCC1CCCC1. The number of hydrogen-bond acceptors (Lipinski definition) is 7. The van der Waals surface area contributed by atoms with Crippen molar-refractivity contribution < 1.29 is 24.5 Å². The summed E-state index contributed by atoms with van der Waals surface area (Å²) in [4.78, 5) is 28.1. The second-order valence-electron chi connectivity index (χ2n) is 6.92. The average molecular weight is 377 g/mol. The molecule has 1 aliphatic heterocycles. The lowest BCUT2D eigenvalue weighted by atomic mass is 10.1. The number of hydrogen-bond donors (Lipinski definition) is 3. The molecule has 4 atom stereocenters. The van der Waals surface area contributed by atoms with Gasteiger partial charge in [0.15, 0.2) is 12.0 Å². The number of ether oxygens (including phenoxy) is 2. The third kappa shape index (κ3) is 4.13. The molecule has 3 rings (SSSR count). The number of carbonyl (C=O) groups is 1. The van der Waals surface area contributed by atoms with Gasteiger partial charge in [-0.05, 0) is 25.7 Å². The largest absolute Gasteiger partial charge is 0.449 e. The van der Waals surface area contributed by atoms with Crippen LogP contribution in [0.2, 0.25) is 0 Å². The maximum atomic E-state index is 12.3. The molecular weight excluding hydrogens is 354 g/mol. The molecule has 146 valence electrons. The summed E-state index contributed by atoms with van der Waals surface area (Å²) in [5.41, 5.74) is -0.664. The number of carbonyl (C=O) groups excluding carboxylic acids is 1. The Bertz CT molecular complexity index is 795. The van der Waals surface area contributed by atoms with Crippen LogP contribution in [0.15, 0.2) is 11.0 Å². The van der Waals surface area contributed by atoms with Crippen molar-refractivity contribution in [1.82, 2.24) is 9.55 Å². The molecule has 1 amide bonds. The Labute approximate surface area is 156 Å². The van der Waals surface area contributed by atoms with Crippen LogP contribution >= 0.6 is 0 Å². The first-order valence-corrected chi connectivity index (χ1v) is 8.96. The molecule has 3 N–H and O–H groups in total. The first-order valence-electron chi connectivity index (χ1n) is 8.96. The van der Waals surface area contributed by atoms with Crippen molar-refractivity contribution in [3.8, 4) is 12.3 Å². The first kappa shape index (κ1) is 19.4. The Hall–Kier alpha value is -2.41. The van der Waals surface area contributed by atoms with E-state index in [2.05, 4.69) is 16.2 Å². The fourth-order valence-corrected chi connectivity index (χ4v) is 3.41. The van der Waals surface area contributed by atoms with Gasteiger partial charge in [-0.15, -0.1) is 6.42 Å². The summed E-state index contributed by atoms with van der Waals surface area (Å²) in [5, 5.41) is 22.3. The number of anilines is 1. The molecule has 0 spiro atoms. The van der Waals surface area contributed by atoms with Gasteiger partial charge in [-0.1, -0.05) is 18.8 Å². The normalized spacial score (nSPS) is 28.1. The molecule has 0 bridgehead atoms. The van der Waals surface area contributed by atoms with Crippen LogP contribution in [-0.4, -0.2) is 50.8 Å². The van der Waals surface area contributed by atoms with E-state index in [-0.39, 0.29) is 11.4 Å². The van der Waals surface area contributed by atoms with E-state index < -0.39 is 36.3 Å². The van der Waals surface area contributed by atoms with Gasteiger partial charge in [-0.25, -0.2) is 9.59 Å². The van der Waals surface area contributed by atoms with Gasteiger partial charge in [0, 0.05) is 6.20 Å². The molecule has 2 aliphatic rings. The molecule has 9 nitrogen and oxygen atoms in total. The van der Waals surface area contributed by atoms with Crippen LogP contribution in [0, 0.1) is 18.3 Å². The lowest BCUT2D eigenvalue weighted by Gasteiger charge is -2.18. The zero-order valence-corrected chi connectivity index (χ0v) is 15.0. The summed E-state index contributed by atoms with van der Waals surface area (Å²) in [7, 11) is 0. The number of nitrogens with one attached hydrogen (secondary N) is 1. The van der Waals surface area contributed by atoms with Gasteiger partial charge in [-0.2, -0.15) is 4.98 Å². The Morgan fingerprint density at radius 1 is 1.44 bits per heavy atom. The Morgan fingerprint density at radius 2 is 2.15 bits per heavy atom. The number of terminal acetylenes is 1. The van der Waals surface area contributed by atoms with E-state index in [4.69, 9.17) is 15.9 Å². The number of aliphatic hydroxyl groups excluding tert-OH is 2. The summed E-state index contributed by atoms with van der Waals surface area (Å²) in [5.74, 6) is 2.59. The molecule has 1 saturated carbocycles. The quantitative estimate of drug-likeness (QED) is 0.657. The van der Waals surface area contributed by atoms with Crippen LogP contribution in [-0.2, 0) is 9.47 Å². The van der Waals surface area contributed by atoms with Gasteiger partial charge >= 0.3 is 11.8 Å².